The Morgan fingerprint density at radius 1 is 0.870 bits per heavy atom. The molecule has 134 valence electrons. The van der Waals surface area contributed by atoms with Gasteiger partial charge in [0.15, 0.2) is 0 Å². The summed E-state index contributed by atoms with van der Waals surface area (Å²) in [6.45, 7) is 18.8. The third-order valence-electron chi connectivity index (χ3n) is 5.14. The van der Waals surface area contributed by atoms with Crippen LogP contribution in [0.3, 0.4) is 0 Å². The predicted octanol–water partition coefficient (Wildman–Crippen LogP) is 5.31. The van der Waals surface area contributed by atoms with Gasteiger partial charge in [0.1, 0.15) is 0 Å². The lowest BCUT2D eigenvalue weighted by molar-refractivity contribution is 0.0644. The maximum Gasteiger partial charge on any atom is 0.334 e. The van der Waals surface area contributed by atoms with Crippen molar-refractivity contribution >= 4 is 25.0 Å². The lowest BCUT2D eigenvalue weighted by atomic mass is 9.98. The molecule has 0 aromatic heterocycles. The molecule has 0 aromatic rings. The van der Waals surface area contributed by atoms with Gasteiger partial charge in [-0.15, -0.1) is 0 Å². The molecule has 0 amide bonds. The summed E-state index contributed by atoms with van der Waals surface area (Å²) in [6.07, 6.45) is 2.65. The zero-order valence-corrected chi connectivity index (χ0v) is 18.5. The zero-order valence-electron chi connectivity index (χ0n) is 16.5. The first kappa shape index (κ1) is 21.4. The quantitative estimate of drug-likeness (QED) is 0.604. The van der Waals surface area contributed by atoms with Gasteiger partial charge in [-0.2, -0.15) is 0 Å². The molecule has 1 aliphatic heterocycles. The highest BCUT2D eigenvalue weighted by Gasteiger charge is 2.57. The summed E-state index contributed by atoms with van der Waals surface area (Å²) in [4.78, 5) is 0. The van der Waals surface area contributed by atoms with Crippen LogP contribution in [0.25, 0.3) is 0 Å². The lowest BCUT2D eigenvalue weighted by Crippen LogP contribution is -2.63. The molecule has 1 heterocycles. The summed E-state index contributed by atoms with van der Waals surface area (Å²) in [5, 5.41) is 0. The summed E-state index contributed by atoms with van der Waals surface area (Å²) in [5.74, 6) is 0. The predicted molar refractivity (Wildman–Crippen MR) is 104 cm³/mol. The Kier molecular flexibility index (Phi) is 8.06. The van der Waals surface area contributed by atoms with Crippen molar-refractivity contribution in [3.63, 3.8) is 0 Å². The van der Waals surface area contributed by atoms with Crippen molar-refractivity contribution in [2.75, 3.05) is 6.61 Å². The molecule has 1 rings (SSSR count). The first-order chi connectivity index (χ1) is 10.6. The highest BCUT2D eigenvalue weighted by molar-refractivity contribution is 6.83. The first-order valence-electron chi connectivity index (χ1n) is 9.34. The van der Waals surface area contributed by atoms with Crippen LogP contribution in [0.2, 0.25) is 28.5 Å². The van der Waals surface area contributed by atoms with Crippen LogP contribution in [0.5, 0.6) is 0 Å². The molecule has 0 saturated carbocycles. The van der Waals surface area contributed by atoms with Crippen LogP contribution in [-0.4, -0.2) is 37.7 Å². The average molecular weight is 356 g/mol. The molecule has 1 aliphatic rings. The molecule has 0 aromatic carbocycles. The van der Waals surface area contributed by atoms with Gasteiger partial charge in [0.05, 0.1) is 7.85 Å². The number of hydrogen-bond acceptors (Lipinski definition) is 3. The van der Waals surface area contributed by atoms with Crippen molar-refractivity contribution in [1.29, 1.82) is 0 Å². The van der Waals surface area contributed by atoms with Gasteiger partial charge >= 0.3 is 17.1 Å². The zero-order chi connectivity index (χ0) is 17.8. The standard InChI is InChI=1S/C17H37BO3Si2/c1-13(2)22(14(3)4)19-12-10-17(9-11-18)20-23(21-22,15(5)6)16(7)8/h13-17H,9-12H2,1-8H3/t17-/m0/s1. The maximum atomic E-state index is 7.08. The first-order valence-corrected chi connectivity index (χ1v) is 13.3. The van der Waals surface area contributed by atoms with Gasteiger partial charge in [-0.3, -0.25) is 0 Å². The van der Waals surface area contributed by atoms with Gasteiger partial charge in [-0.05, 0) is 35.0 Å². The molecule has 2 radical (unpaired) electrons. The highest BCUT2D eigenvalue weighted by Crippen LogP contribution is 2.46. The summed E-state index contributed by atoms with van der Waals surface area (Å²) in [7, 11) is 1.07. The minimum absolute atomic E-state index is 0.169. The Labute approximate surface area is 147 Å². The van der Waals surface area contributed by atoms with E-state index in [1.165, 1.54) is 0 Å². The van der Waals surface area contributed by atoms with E-state index in [1.807, 2.05) is 0 Å². The van der Waals surface area contributed by atoms with Gasteiger partial charge < -0.3 is 13.0 Å². The second kappa shape index (κ2) is 8.65. The van der Waals surface area contributed by atoms with Crippen LogP contribution < -0.4 is 0 Å². The molecule has 1 fully saturated rings. The van der Waals surface area contributed by atoms with Crippen LogP contribution in [-0.2, 0) is 13.0 Å². The highest BCUT2D eigenvalue weighted by atomic mass is 28.5. The molecular weight excluding hydrogens is 319 g/mol. The monoisotopic (exact) mass is 356 g/mol. The van der Waals surface area contributed by atoms with Crippen LogP contribution in [0.1, 0.15) is 68.2 Å². The molecule has 1 atom stereocenters. The summed E-state index contributed by atoms with van der Waals surface area (Å²) in [5.41, 5.74) is 1.63. The molecule has 6 heteroatoms. The smallest absolute Gasteiger partial charge is 0.334 e. The SMILES string of the molecule is [B]CC[C@H]1CCO[Si](C(C)C)(C(C)C)O[Si](C(C)C)(C(C)C)O1. The fourth-order valence-corrected chi connectivity index (χ4v) is 15.0. The van der Waals surface area contributed by atoms with Crippen LogP contribution >= 0.6 is 0 Å². The van der Waals surface area contributed by atoms with Crippen LogP contribution in [0.15, 0.2) is 0 Å². The second-order valence-corrected chi connectivity index (χ2v) is 17.0. The van der Waals surface area contributed by atoms with Crippen LogP contribution in [0.4, 0.5) is 0 Å². The molecule has 0 spiro atoms. The van der Waals surface area contributed by atoms with E-state index in [0.717, 1.165) is 19.4 Å². The van der Waals surface area contributed by atoms with Crippen molar-refractivity contribution in [3.05, 3.63) is 0 Å². The van der Waals surface area contributed by atoms with E-state index in [0.29, 0.717) is 28.5 Å². The minimum atomic E-state index is -2.40. The van der Waals surface area contributed by atoms with E-state index >= 15 is 0 Å². The Bertz CT molecular complexity index is 346. The summed E-state index contributed by atoms with van der Waals surface area (Å²) in [6, 6.07) is 0. The number of hydrogen-bond donors (Lipinski definition) is 0. The molecule has 0 bridgehead atoms. The van der Waals surface area contributed by atoms with E-state index in [9.17, 15) is 0 Å². The van der Waals surface area contributed by atoms with E-state index < -0.39 is 17.1 Å². The second-order valence-electron chi connectivity index (χ2n) is 8.12. The molecule has 0 aliphatic carbocycles. The fraction of sp³-hybridized carbons (Fsp3) is 1.00. The molecule has 3 nitrogen and oxygen atoms in total. The Morgan fingerprint density at radius 3 is 1.74 bits per heavy atom. The van der Waals surface area contributed by atoms with Gasteiger partial charge in [0.25, 0.3) is 0 Å². The van der Waals surface area contributed by atoms with Crippen molar-refractivity contribution in [2.45, 2.75) is 103 Å². The lowest BCUT2D eigenvalue weighted by Gasteiger charge is -2.51. The topological polar surface area (TPSA) is 27.7 Å². The summed E-state index contributed by atoms with van der Waals surface area (Å²) < 4.78 is 20.4. The van der Waals surface area contributed by atoms with E-state index in [2.05, 4.69) is 55.4 Å². The average Bonchev–Trinajstić information content (AvgIpc) is 2.40. The number of rotatable bonds is 6. The van der Waals surface area contributed by atoms with Gasteiger partial charge in [0.2, 0.25) is 0 Å². The normalized spacial score (nSPS) is 25.1. The van der Waals surface area contributed by atoms with Crippen molar-refractivity contribution in [3.8, 4) is 0 Å². The van der Waals surface area contributed by atoms with Crippen molar-refractivity contribution < 1.29 is 13.0 Å². The minimum Gasteiger partial charge on any atom is -0.414 e. The third-order valence-corrected chi connectivity index (χ3v) is 15.5. The van der Waals surface area contributed by atoms with E-state index in [-0.39, 0.29) is 6.10 Å². The third kappa shape index (κ3) is 4.51. The Balaban J connectivity index is 3.30. The van der Waals surface area contributed by atoms with Gasteiger partial charge in [-0.25, -0.2) is 0 Å². The fourth-order valence-electron chi connectivity index (χ4n) is 3.77. The van der Waals surface area contributed by atoms with Crippen molar-refractivity contribution in [2.24, 2.45) is 0 Å². The molecule has 1 saturated heterocycles. The Morgan fingerprint density at radius 2 is 1.35 bits per heavy atom. The summed E-state index contributed by atoms with van der Waals surface area (Å²) >= 11 is 0. The van der Waals surface area contributed by atoms with Crippen molar-refractivity contribution in [1.82, 2.24) is 0 Å². The molecule has 0 N–H and O–H groups in total. The van der Waals surface area contributed by atoms with Gasteiger partial charge in [-0.1, -0.05) is 61.7 Å². The largest absolute Gasteiger partial charge is 0.414 e. The Hall–Kier alpha value is 0.379. The maximum absolute atomic E-state index is 7.08. The van der Waals surface area contributed by atoms with Gasteiger partial charge in [0, 0.05) is 12.7 Å². The molecule has 23 heavy (non-hydrogen) atoms. The molecular formula is C17H37BO3Si2. The van der Waals surface area contributed by atoms with Crippen LogP contribution in [0, 0.1) is 0 Å². The van der Waals surface area contributed by atoms with E-state index in [1.54, 1.807) is 0 Å². The van der Waals surface area contributed by atoms with E-state index in [4.69, 9.17) is 20.8 Å². The molecule has 0 unspecified atom stereocenters.